The predicted octanol–water partition coefficient (Wildman–Crippen LogP) is 2.93. The minimum atomic E-state index is -0.851. The van der Waals surface area contributed by atoms with Gasteiger partial charge in [0.1, 0.15) is 17.3 Å². The molecule has 5 rings (SSSR count). The number of amides is 2. The van der Waals surface area contributed by atoms with Crippen LogP contribution in [0.4, 0.5) is 4.39 Å². The van der Waals surface area contributed by atoms with E-state index in [0.717, 1.165) is 6.07 Å². The maximum atomic E-state index is 13.5. The Morgan fingerprint density at radius 3 is 2.51 bits per heavy atom. The Bertz CT molecular complexity index is 1150. The van der Waals surface area contributed by atoms with E-state index in [2.05, 4.69) is 10.6 Å². The van der Waals surface area contributed by atoms with Gasteiger partial charge in [-0.3, -0.25) is 9.59 Å². The summed E-state index contributed by atoms with van der Waals surface area (Å²) in [7, 11) is 0. The zero-order chi connectivity index (χ0) is 24.7. The fourth-order valence-corrected chi connectivity index (χ4v) is 5.08. The molecule has 3 heterocycles. The molecule has 0 spiro atoms. The first-order chi connectivity index (χ1) is 16.8. The van der Waals surface area contributed by atoms with Crippen molar-refractivity contribution in [2.24, 2.45) is 0 Å². The van der Waals surface area contributed by atoms with Crippen LogP contribution in [0.3, 0.4) is 0 Å². The van der Waals surface area contributed by atoms with Gasteiger partial charge in [0, 0.05) is 23.1 Å². The molecule has 3 N–H and O–H groups in total. The highest BCUT2D eigenvalue weighted by Gasteiger charge is 2.49. The minimum absolute atomic E-state index is 0.0245. The van der Waals surface area contributed by atoms with Crippen molar-refractivity contribution in [2.75, 3.05) is 6.61 Å². The number of aliphatic hydroxyl groups excluding tert-OH is 1. The van der Waals surface area contributed by atoms with Crippen LogP contribution in [0, 0.1) is 5.82 Å². The average molecular weight is 525 g/mol. The molecule has 0 saturated carbocycles. The number of halogens is 3. The van der Waals surface area contributed by atoms with E-state index in [1.54, 1.807) is 18.2 Å². The maximum Gasteiger partial charge on any atom is 0.261 e. The van der Waals surface area contributed by atoms with Gasteiger partial charge in [-0.25, -0.2) is 4.39 Å². The van der Waals surface area contributed by atoms with Crippen molar-refractivity contribution >= 4 is 35.0 Å². The highest BCUT2D eigenvalue weighted by Crippen LogP contribution is 2.38. The summed E-state index contributed by atoms with van der Waals surface area (Å²) in [5, 5.41) is 16.7. The standard InChI is InChI=1S/C24H23Cl2FN2O6/c25-11-1-4-19-13(5-11)18(30)9-22(34-19)24(32)29-17-8-20-16(7-21(17)35-20)28-23(31)10-33-12-2-3-14(26)15(27)6-12/h1-6,16-18,20-22,30H,7-10H2,(H,28,31)(H,29,32)/t16-,17-,18+,20+,21+,22+/m1/s1. The Balaban J connectivity index is 1.09. The first-order valence-corrected chi connectivity index (χ1v) is 12.0. The number of nitrogens with one attached hydrogen (secondary N) is 2. The van der Waals surface area contributed by atoms with Crippen LogP contribution >= 0.6 is 23.2 Å². The van der Waals surface area contributed by atoms with Gasteiger partial charge in [0.15, 0.2) is 12.7 Å². The second-order valence-electron chi connectivity index (χ2n) is 8.88. The fraction of sp³-hybridized carbons (Fsp3) is 0.417. The van der Waals surface area contributed by atoms with E-state index in [9.17, 15) is 19.1 Å². The molecule has 0 unspecified atom stereocenters. The van der Waals surface area contributed by atoms with Crippen LogP contribution in [0.15, 0.2) is 36.4 Å². The van der Waals surface area contributed by atoms with Gasteiger partial charge in [0.25, 0.3) is 11.8 Å². The molecular weight excluding hydrogens is 502 g/mol. The zero-order valence-corrected chi connectivity index (χ0v) is 19.9. The minimum Gasteiger partial charge on any atom is -0.484 e. The topological polar surface area (TPSA) is 106 Å². The van der Waals surface area contributed by atoms with Gasteiger partial charge in [-0.05, 0) is 43.2 Å². The lowest BCUT2D eigenvalue weighted by molar-refractivity contribution is -0.131. The molecule has 6 atom stereocenters. The Hall–Kier alpha value is -2.59. The molecule has 2 fully saturated rings. The third-order valence-electron chi connectivity index (χ3n) is 6.48. The van der Waals surface area contributed by atoms with Crippen molar-refractivity contribution in [1.29, 1.82) is 0 Å². The average Bonchev–Trinajstić information content (AvgIpc) is 3.40. The largest absolute Gasteiger partial charge is 0.484 e. The second-order valence-corrected chi connectivity index (χ2v) is 9.72. The van der Waals surface area contributed by atoms with Crippen molar-refractivity contribution in [3.8, 4) is 11.5 Å². The van der Waals surface area contributed by atoms with E-state index in [1.165, 1.54) is 12.1 Å². The van der Waals surface area contributed by atoms with E-state index in [-0.39, 0.29) is 59.9 Å². The molecule has 3 aliphatic heterocycles. The maximum absolute atomic E-state index is 13.5. The van der Waals surface area contributed by atoms with Gasteiger partial charge in [0.2, 0.25) is 0 Å². The summed E-state index contributed by atoms with van der Waals surface area (Å²) in [6.07, 6.45) is -0.989. The lowest BCUT2D eigenvalue weighted by Crippen LogP contribution is -2.52. The van der Waals surface area contributed by atoms with Gasteiger partial charge in [-0.2, -0.15) is 0 Å². The Morgan fingerprint density at radius 2 is 1.80 bits per heavy atom. The first-order valence-electron chi connectivity index (χ1n) is 11.2. The van der Waals surface area contributed by atoms with Crippen molar-refractivity contribution in [2.45, 2.75) is 55.8 Å². The number of benzene rings is 2. The number of hydrogen-bond donors (Lipinski definition) is 3. The summed E-state index contributed by atoms with van der Waals surface area (Å²) < 4.78 is 30.5. The van der Waals surface area contributed by atoms with Crippen LogP contribution in [-0.4, -0.2) is 53.9 Å². The number of carbonyl (C=O) groups excluding carboxylic acids is 2. The van der Waals surface area contributed by atoms with Crippen molar-refractivity contribution in [3.05, 3.63) is 57.8 Å². The van der Waals surface area contributed by atoms with Crippen LogP contribution in [-0.2, 0) is 14.3 Å². The second kappa shape index (κ2) is 9.81. The van der Waals surface area contributed by atoms with Gasteiger partial charge in [0.05, 0.1) is 35.4 Å². The molecule has 35 heavy (non-hydrogen) atoms. The van der Waals surface area contributed by atoms with Crippen molar-refractivity contribution in [1.82, 2.24) is 10.6 Å². The lowest BCUT2D eigenvalue weighted by Gasteiger charge is -2.31. The first kappa shape index (κ1) is 24.1. The smallest absolute Gasteiger partial charge is 0.261 e. The summed E-state index contributed by atoms with van der Waals surface area (Å²) in [6, 6.07) is 8.44. The number of rotatable bonds is 6. The predicted molar refractivity (Wildman–Crippen MR) is 124 cm³/mol. The number of aliphatic hydroxyl groups is 1. The third kappa shape index (κ3) is 5.18. The quantitative estimate of drug-likeness (QED) is 0.536. The van der Waals surface area contributed by atoms with Gasteiger partial charge in [-0.15, -0.1) is 0 Å². The van der Waals surface area contributed by atoms with E-state index < -0.39 is 18.0 Å². The number of fused-ring (bicyclic) bond motifs is 3. The van der Waals surface area contributed by atoms with Crippen LogP contribution in [0.1, 0.15) is 30.9 Å². The lowest BCUT2D eigenvalue weighted by atomic mass is 9.90. The number of ether oxygens (including phenoxy) is 3. The molecule has 2 saturated heterocycles. The highest BCUT2D eigenvalue weighted by molar-refractivity contribution is 6.31. The normalized spacial score (nSPS) is 28.7. The summed E-state index contributed by atoms with van der Waals surface area (Å²) in [5.74, 6) is -0.667. The number of hydrogen-bond acceptors (Lipinski definition) is 6. The van der Waals surface area contributed by atoms with Gasteiger partial charge in [-0.1, -0.05) is 23.2 Å². The van der Waals surface area contributed by atoms with Crippen LogP contribution in [0.2, 0.25) is 10.0 Å². The molecule has 2 bridgehead atoms. The van der Waals surface area contributed by atoms with Gasteiger partial charge < -0.3 is 30.0 Å². The molecule has 0 aromatic heterocycles. The van der Waals surface area contributed by atoms with Crippen LogP contribution < -0.4 is 20.1 Å². The van der Waals surface area contributed by atoms with Gasteiger partial charge >= 0.3 is 0 Å². The summed E-state index contributed by atoms with van der Waals surface area (Å²) in [5.41, 5.74) is 0.563. The molecular formula is C24H23Cl2FN2O6. The molecule has 2 amide bonds. The molecule has 2 aromatic rings. The van der Waals surface area contributed by atoms with Crippen LogP contribution in [0.25, 0.3) is 0 Å². The fourth-order valence-electron chi connectivity index (χ4n) is 4.78. The summed E-state index contributed by atoms with van der Waals surface area (Å²) in [6.45, 7) is -0.275. The van der Waals surface area contributed by atoms with E-state index in [1.807, 2.05) is 0 Å². The molecule has 8 nitrogen and oxygen atoms in total. The van der Waals surface area contributed by atoms with E-state index in [0.29, 0.717) is 29.2 Å². The molecule has 0 radical (unpaired) electrons. The molecule has 11 heteroatoms. The monoisotopic (exact) mass is 524 g/mol. The SMILES string of the molecule is O=C(COc1ccc(Cl)c(F)c1)N[C@@H]1C[C@@H]2O[C@H]1C[C@H]2NC(=O)[C@@H]1C[C@H](O)c2cc(Cl)ccc2O1. The summed E-state index contributed by atoms with van der Waals surface area (Å²) in [4.78, 5) is 25.1. The highest BCUT2D eigenvalue weighted by atomic mass is 35.5. The Morgan fingerprint density at radius 1 is 1.06 bits per heavy atom. The van der Waals surface area contributed by atoms with Crippen LogP contribution in [0.5, 0.6) is 11.5 Å². The zero-order valence-electron chi connectivity index (χ0n) is 18.4. The third-order valence-corrected chi connectivity index (χ3v) is 7.03. The number of carbonyl (C=O) groups is 2. The van der Waals surface area contributed by atoms with Crippen molar-refractivity contribution in [3.63, 3.8) is 0 Å². The summed E-state index contributed by atoms with van der Waals surface area (Å²) >= 11 is 11.6. The van der Waals surface area contributed by atoms with Crippen molar-refractivity contribution < 1.29 is 33.3 Å². The Kier molecular flexibility index (Phi) is 6.76. The molecule has 0 aliphatic carbocycles. The molecule has 3 aliphatic rings. The van der Waals surface area contributed by atoms with E-state index in [4.69, 9.17) is 37.4 Å². The molecule has 186 valence electrons. The van der Waals surface area contributed by atoms with E-state index >= 15 is 0 Å². The molecule has 2 aromatic carbocycles. The Labute approximate surface area is 210 Å².